The van der Waals surface area contributed by atoms with Crippen molar-refractivity contribution in [2.45, 2.75) is 6.42 Å². The van der Waals surface area contributed by atoms with E-state index in [-0.39, 0.29) is 0 Å². The van der Waals surface area contributed by atoms with Crippen molar-refractivity contribution in [3.05, 3.63) is 35.4 Å². The van der Waals surface area contributed by atoms with Crippen molar-refractivity contribution in [1.82, 2.24) is 15.1 Å². The number of halogens is 2. The van der Waals surface area contributed by atoms with Gasteiger partial charge in [-0.2, -0.15) is 0 Å². The first-order valence-corrected chi connectivity index (χ1v) is 6.71. The van der Waals surface area contributed by atoms with Crippen molar-refractivity contribution in [3.63, 3.8) is 0 Å². The van der Waals surface area contributed by atoms with Crippen molar-refractivity contribution >= 4 is 0 Å². The smallest absolute Gasteiger partial charge is 0.129 e. The molecule has 0 bridgehead atoms. The van der Waals surface area contributed by atoms with Gasteiger partial charge in [0.05, 0.1) is 6.67 Å². The van der Waals surface area contributed by atoms with Crippen LogP contribution >= 0.6 is 0 Å². The molecule has 1 N–H and O–H groups in total. The minimum atomic E-state index is -0.518. The van der Waals surface area contributed by atoms with Crippen LogP contribution in [0.3, 0.4) is 0 Å². The average molecular weight is 269 g/mol. The molecule has 3 nitrogen and oxygen atoms in total. The van der Waals surface area contributed by atoms with E-state index < -0.39 is 11.6 Å². The van der Waals surface area contributed by atoms with Gasteiger partial charge in [0.1, 0.15) is 11.6 Å². The molecule has 2 rings (SSSR count). The Morgan fingerprint density at radius 3 is 2.68 bits per heavy atom. The maximum absolute atomic E-state index is 13.5. The molecule has 0 radical (unpaired) electrons. The van der Waals surface area contributed by atoms with Gasteiger partial charge in [0.15, 0.2) is 0 Å². The third-order valence-electron chi connectivity index (χ3n) is 3.43. The van der Waals surface area contributed by atoms with Crippen LogP contribution in [0.5, 0.6) is 0 Å². The lowest BCUT2D eigenvalue weighted by Gasteiger charge is -2.31. The highest BCUT2D eigenvalue weighted by Crippen LogP contribution is 2.10. The molecule has 1 saturated heterocycles. The Bertz CT molecular complexity index is 406. The monoisotopic (exact) mass is 269 g/mol. The molecule has 19 heavy (non-hydrogen) atoms. The molecule has 0 aromatic heterocycles. The third-order valence-corrected chi connectivity index (χ3v) is 3.43. The van der Waals surface area contributed by atoms with Crippen LogP contribution in [0.15, 0.2) is 18.2 Å². The third kappa shape index (κ3) is 4.53. The van der Waals surface area contributed by atoms with Crippen molar-refractivity contribution in [3.8, 4) is 0 Å². The SMILES string of the molecule is CN(CCc1ccc(F)cc1F)CN1CCNCC1. The fraction of sp³-hybridized carbons (Fsp3) is 0.571. The van der Waals surface area contributed by atoms with Crippen LogP contribution < -0.4 is 5.32 Å². The highest BCUT2D eigenvalue weighted by atomic mass is 19.1. The second kappa shape index (κ2) is 6.93. The van der Waals surface area contributed by atoms with Gasteiger partial charge in [-0.1, -0.05) is 6.07 Å². The molecule has 0 aliphatic carbocycles. The molecule has 0 amide bonds. The quantitative estimate of drug-likeness (QED) is 0.869. The van der Waals surface area contributed by atoms with E-state index in [0.717, 1.165) is 45.5 Å². The summed E-state index contributed by atoms with van der Waals surface area (Å²) in [5, 5.41) is 3.31. The zero-order chi connectivity index (χ0) is 13.7. The van der Waals surface area contributed by atoms with Gasteiger partial charge < -0.3 is 5.32 Å². The van der Waals surface area contributed by atoms with E-state index in [1.165, 1.54) is 12.1 Å². The summed E-state index contributed by atoms with van der Waals surface area (Å²) in [6.07, 6.45) is 0.606. The number of nitrogens with zero attached hydrogens (tertiary/aromatic N) is 2. The summed E-state index contributed by atoms with van der Waals surface area (Å²) >= 11 is 0. The largest absolute Gasteiger partial charge is 0.314 e. The first-order valence-electron chi connectivity index (χ1n) is 6.71. The van der Waals surface area contributed by atoms with E-state index in [2.05, 4.69) is 15.1 Å². The van der Waals surface area contributed by atoms with Crippen molar-refractivity contribution in [2.24, 2.45) is 0 Å². The molecule has 5 heteroatoms. The van der Waals surface area contributed by atoms with Gasteiger partial charge in [-0.05, 0) is 25.1 Å². The van der Waals surface area contributed by atoms with Gasteiger partial charge in [-0.25, -0.2) is 8.78 Å². The predicted octanol–water partition coefficient (Wildman–Crippen LogP) is 1.30. The van der Waals surface area contributed by atoms with Crippen molar-refractivity contribution < 1.29 is 8.78 Å². The lowest BCUT2D eigenvalue weighted by Crippen LogP contribution is -2.47. The fourth-order valence-corrected chi connectivity index (χ4v) is 2.30. The van der Waals surface area contributed by atoms with Crippen LogP contribution in [0.4, 0.5) is 8.78 Å². The Labute approximate surface area is 113 Å². The fourth-order valence-electron chi connectivity index (χ4n) is 2.30. The van der Waals surface area contributed by atoms with E-state index in [0.29, 0.717) is 12.0 Å². The molecule has 1 aromatic carbocycles. The van der Waals surface area contributed by atoms with Crippen LogP contribution in [-0.4, -0.2) is 56.2 Å². The number of benzene rings is 1. The molecular weight excluding hydrogens is 248 g/mol. The minimum Gasteiger partial charge on any atom is -0.314 e. The first-order chi connectivity index (χ1) is 9.15. The van der Waals surface area contributed by atoms with Gasteiger partial charge in [-0.15, -0.1) is 0 Å². The zero-order valence-corrected chi connectivity index (χ0v) is 11.3. The molecule has 0 spiro atoms. The topological polar surface area (TPSA) is 18.5 Å². The van der Waals surface area contributed by atoms with Crippen LogP contribution in [0, 0.1) is 11.6 Å². The average Bonchev–Trinajstić information content (AvgIpc) is 2.39. The number of rotatable bonds is 5. The summed E-state index contributed by atoms with van der Waals surface area (Å²) in [6, 6.07) is 3.80. The molecule has 106 valence electrons. The van der Waals surface area contributed by atoms with Crippen LogP contribution in [0.2, 0.25) is 0 Å². The Balaban J connectivity index is 1.77. The Kier molecular flexibility index (Phi) is 5.24. The van der Waals surface area contributed by atoms with Gasteiger partial charge in [0.25, 0.3) is 0 Å². The molecule has 0 saturated carbocycles. The maximum Gasteiger partial charge on any atom is 0.129 e. The summed E-state index contributed by atoms with van der Waals surface area (Å²) < 4.78 is 26.3. The second-order valence-corrected chi connectivity index (χ2v) is 5.07. The maximum atomic E-state index is 13.5. The van der Waals surface area contributed by atoms with Crippen LogP contribution in [-0.2, 0) is 6.42 Å². The molecule has 1 aliphatic heterocycles. The van der Waals surface area contributed by atoms with Crippen LogP contribution in [0.1, 0.15) is 5.56 Å². The van der Waals surface area contributed by atoms with Crippen LogP contribution in [0.25, 0.3) is 0 Å². The minimum absolute atomic E-state index is 0.449. The van der Waals surface area contributed by atoms with Crippen molar-refractivity contribution in [1.29, 1.82) is 0 Å². The normalized spacial score (nSPS) is 17.1. The van der Waals surface area contributed by atoms with E-state index >= 15 is 0 Å². The van der Waals surface area contributed by atoms with Gasteiger partial charge in [0.2, 0.25) is 0 Å². The van der Waals surface area contributed by atoms with E-state index in [9.17, 15) is 8.78 Å². The van der Waals surface area contributed by atoms with Gasteiger partial charge >= 0.3 is 0 Å². The Morgan fingerprint density at radius 2 is 2.00 bits per heavy atom. The van der Waals surface area contributed by atoms with Gasteiger partial charge in [-0.3, -0.25) is 9.80 Å². The molecule has 1 aliphatic rings. The highest BCUT2D eigenvalue weighted by molar-refractivity contribution is 5.18. The lowest BCUT2D eigenvalue weighted by molar-refractivity contribution is 0.140. The second-order valence-electron chi connectivity index (χ2n) is 5.07. The summed E-state index contributed by atoms with van der Waals surface area (Å²) in [5.74, 6) is -0.967. The van der Waals surface area contributed by atoms with E-state index in [1.54, 1.807) is 0 Å². The Hall–Kier alpha value is -1.04. The number of hydrogen-bond donors (Lipinski definition) is 1. The van der Waals surface area contributed by atoms with Gasteiger partial charge in [0, 0.05) is 38.8 Å². The molecule has 1 heterocycles. The summed E-state index contributed by atoms with van der Waals surface area (Å²) in [6.45, 7) is 5.82. The highest BCUT2D eigenvalue weighted by Gasteiger charge is 2.12. The van der Waals surface area contributed by atoms with E-state index in [1.807, 2.05) is 7.05 Å². The van der Waals surface area contributed by atoms with Crippen molar-refractivity contribution in [2.75, 3.05) is 46.4 Å². The number of piperazine rings is 1. The number of nitrogens with one attached hydrogen (secondary N) is 1. The first kappa shape index (κ1) is 14.4. The number of likely N-dealkylation sites (N-methyl/N-ethyl adjacent to an activating group) is 1. The Morgan fingerprint density at radius 1 is 1.26 bits per heavy atom. The molecular formula is C14H21F2N3. The molecule has 0 unspecified atom stereocenters. The molecule has 0 atom stereocenters. The molecule has 1 fully saturated rings. The lowest BCUT2D eigenvalue weighted by atomic mass is 10.1. The number of hydrogen-bond acceptors (Lipinski definition) is 3. The zero-order valence-electron chi connectivity index (χ0n) is 11.3. The molecule has 1 aromatic rings. The summed E-state index contributed by atoms with van der Waals surface area (Å²) in [7, 11) is 2.03. The standard InChI is InChI=1S/C14H21F2N3/c1-18(11-19-8-5-17-6-9-19)7-4-12-2-3-13(15)10-14(12)16/h2-3,10,17H,4-9,11H2,1H3. The predicted molar refractivity (Wildman–Crippen MR) is 72.0 cm³/mol. The van der Waals surface area contributed by atoms with E-state index in [4.69, 9.17) is 0 Å². The summed E-state index contributed by atoms with van der Waals surface area (Å²) in [4.78, 5) is 4.55. The summed E-state index contributed by atoms with van der Waals surface area (Å²) in [5.41, 5.74) is 0.577.